The summed E-state index contributed by atoms with van der Waals surface area (Å²) in [5, 5.41) is 20.9. The molecule has 0 aliphatic rings. The zero-order valence-corrected chi connectivity index (χ0v) is 7.32. The number of pyridine rings is 1. The molecule has 70 valence electrons. The summed E-state index contributed by atoms with van der Waals surface area (Å²) in [5.74, 6) is -0.232. The second-order valence-corrected chi connectivity index (χ2v) is 2.47. The first-order valence-corrected chi connectivity index (χ1v) is 3.55. The number of hydrogen-bond donors (Lipinski definition) is 0. The molecule has 0 aliphatic heterocycles. The van der Waals surface area contributed by atoms with Crippen molar-refractivity contribution in [2.24, 2.45) is 0 Å². The van der Waals surface area contributed by atoms with Crippen LogP contribution in [0.5, 0.6) is 5.75 Å². The molecular formula is C6H5ClN2O4. The molecule has 0 aliphatic carbocycles. The van der Waals surface area contributed by atoms with Crippen LogP contribution in [0.4, 0.5) is 5.69 Å². The van der Waals surface area contributed by atoms with Crippen molar-refractivity contribution in [3.05, 3.63) is 32.7 Å². The normalized spacial score (nSPS) is 9.69. The maximum atomic E-state index is 10.9. The lowest BCUT2D eigenvalue weighted by molar-refractivity contribution is -0.604. The Hall–Kier alpha value is -1.56. The molecule has 7 heteroatoms. The second-order valence-electron chi connectivity index (χ2n) is 2.11. The van der Waals surface area contributed by atoms with Gasteiger partial charge in [0.1, 0.15) is 0 Å². The van der Waals surface area contributed by atoms with Gasteiger partial charge in [-0.1, -0.05) is 0 Å². The van der Waals surface area contributed by atoms with Crippen LogP contribution in [-0.4, -0.2) is 12.0 Å². The number of aromatic nitrogens is 1. The van der Waals surface area contributed by atoms with Crippen LogP contribution in [0.2, 0.25) is 5.15 Å². The monoisotopic (exact) mass is 204 g/mol. The summed E-state index contributed by atoms with van der Waals surface area (Å²) in [6, 6.07) is 1.03. The molecule has 0 fully saturated rings. The minimum Gasteiger partial charge on any atom is -0.618 e. The van der Waals surface area contributed by atoms with Crippen molar-refractivity contribution in [1.29, 1.82) is 0 Å². The first kappa shape index (κ1) is 9.53. The maximum absolute atomic E-state index is 10.9. The van der Waals surface area contributed by atoms with Crippen LogP contribution in [0, 0.1) is 15.3 Å². The Bertz CT molecular complexity index is 355. The quantitative estimate of drug-likeness (QED) is 0.236. The van der Waals surface area contributed by atoms with Crippen LogP contribution in [0.15, 0.2) is 12.3 Å². The number of methoxy groups -OCH3 is 1. The highest BCUT2D eigenvalue weighted by atomic mass is 35.5. The molecule has 0 saturated heterocycles. The highest BCUT2D eigenvalue weighted by molar-refractivity contribution is 6.30. The van der Waals surface area contributed by atoms with Crippen molar-refractivity contribution in [2.75, 3.05) is 7.11 Å². The molecule has 0 bridgehead atoms. The van der Waals surface area contributed by atoms with Crippen molar-refractivity contribution < 1.29 is 14.4 Å². The fraction of sp³-hybridized carbons (Fsp3) is 0.167. The maximum Gasteiger partial charge on any atom is 0.336 e. The number of hydrogen-bond acceptors (Lipinski definition) is 4. The summed E-state index contributed by atoms with van der Waals surface area (Å²) in [5.41, 5.74) is -0.334. The largest absolute Gasteiger partial charge is 0.618 e. The van der Waals surface area contributed by atoms with Gasteiger partial charge < -0.3 is 9.94 Å². The van der Waals surface area contributed by atoms with Crippen molar-refractivity contribution >= 4 is 17.3 Å². The number of nitrogens with zero attached hydrogens (tertiary/aromatic N) is 2. The molecule has 0 spiro atoms. The SMILES string of the molecule is COc1c([N+](=O)[O-])cc[n+]([O-])c1Cl. The van der Waals surface area contributed by atoms with E-state index in [1.54, 1.807) is 0 Å². The second kappa shape index (κ2) is 3.44. The topological polar surface area (TPSA) is 79.3 Å². The fourth-order valence-electron chi connectivity index (χ4n) is 0.818. The molecule has 0 N–H and O–H groups in total. The smallest absolute Gasteiger partial charge is 0.336 e. The molecule has 0 saturated carbocycles. The molecule has 1 heterocycles. The van der Waals surface area contributed by atoms with Gasteiger partial charge in [-0.15, -0.1) is 0 Å². The summed E-state index contributed by atoms with van der Waals surface area (Å²) in [6.07, 6.45) is 0.947. The Balaban J connectivity index is 3.38. The third kappa shape index (κ3) is 1.62. The first-order valence-electron chi connectivity index (χ1n) is 3.18. The molecule has 0 atom stereocenters. The van der Waals surface area contributed by atoms with Crippen LogP contribution in [0.25, 0.3) is 0 Å². The molecule has 6 nitrogen and oxygen atoms in total. The predicted molar refractivity (Wildman–Crippen MR) is 43.6 cm³/mol. The van der Waals surface area contributed by atoms with Crippen molar-refractivity contribution in [3.63, 3.8) is 0 Å². The molecule has 0 radical (unpaired) electrons. The third-order valence-corrected chi connectivity index (χ3v) is 1.72. The van der Waals surface area contributed by atoms with E-state index in [1.807, 2.05) is 0 Å². The lowest BCUT2D eigenvalue weighted by Gasteiger charge is -2.03. The van der Waals surface area contributed by atoms with Crippen LogP contribution >= 0.6 is 11.6 Å². The number of nitro groups is 1. The van der Waals surface area contributed by atoms with E-state index in [9.17, 15) is 15.3 Å². The summed E-state index contributed by atoms with van der Waals surface area (Å²) < 4.78 is 4.91. The zero-order chi connectivity index (χ0) is 10.0. The van der Waals surface area contributed by atoms with Gasteiger partial charge in [0.2, 0.25) is 0 Å². The molecule has 1 aromatic heterocycles. The van der Waals surface area contributed by atoms with Crippen LogP contribution in [0.1, 0.15) is 0 Å². The molecule has 13 heavy (non-hydrogen) atoms. The van der Waals surface area contributed by atoms with E-state index in [0.29, 0.717) is 0 Å². The highest BCUT2D eigenvalue weighted by Crippen LogP contribution is 2.30. The van der Waals surface area contributed by atoms with Crippen LogP contribution in [0.3, 0.4) is 0 Å². The number of ether oxygens (including phenoxy) is 1. The third-order valence-electron chi connectivity index (χ3n) is 1.38. The van der Waals surface area contributed by atoms with Gasteiger partial charge in [0.25, 0.3) is 5.75 Å². The Morgan fingerprint density at radius 3 is 2.77 bits per heavy atom. The van der Waals surface area contributed by atoms with Crippen LogP contribution < -0.4 is 9.47 Å². The van der Waals surface area contributed by atoms with Crippen molar-refractivity contribution in [3.8, 4) is 5.75 Å². The van der Waals surface area contributed by atoms with Crippen LogP contribution in [-0.2, 0) is 0 Å². The van der Waals surface area contributed by atoms with Gasteiger partial charge in [0.15, 0.2) is 6.20 Å². The highest BCUT2D eigenvalue weighted by Gasteiger charge is 2.24. The molecular weight excluding hydrogens is 200 g/mol. The number of halogens is 1. The lowest BCUT2D eigenvalue weighted by Crippen LogP contribution is -2.27. The molecule has 0 aromatic carbocycles. The van der Waals surface area contributed by atoms with E-state index in [4.69, 9.17) is 11.6 Å². The summed E-state index contributed by atoms with van der Waals surface area (Å²) in [4.78, 5) is 9.72. The zero-order valence-electron chi connectivity index (χ0n) is 6.56. The van der Waals surface area contributed by atoms with Gasteiger partial charge in [-0.3, -0.25) is 10.1 Å². The first-order chi connectivity index (χ1) is 6.07. The van der Waals surface area contributed by atoms with E-state index >= 15 is 0 Å². The summed E-state index contributed by atoms with van der Waals surface area (Å²) in [6.45, 7) is 0. The molecule has 0 unspecified atom stereocenters. The minimum absolute atomic E-state index is 0.232. The Labute approximate surface area is 78.0 Å². The predicted octanol–water partition coefficient (Wildman–Crippen LogP) is 0.890. The Morgan fingerprint density at radius 1 is 1.69 bits per heavy atom. The van der Waals surface area contributed by atoms with E-state index in [2.05, 4.69) is 4.74 Å². The summed E-state index contributed by atoms with van der Waals surface area (Å²) >= 11 is 5.46. The lowest BCUT2D eigenvalue weighted by atomic mass is 10.4. The van der Waals surface area contributed by atoms with E-state index in [0.717, 1.165) is 12.3 Å². The van der Waals surface area contributed by atoms with Gasteiger partial charge in [-0.05, 0) is 11.6 Å². The van der Waals surface area contributed by atoms with Gasteiger partial charge in [0.05, 0.1) is 18.1 Å². The van der Waals surface area contributed by atoms with E-state index in [-0.39, 0.29) is 21.3 Å². The van der Waals surface area contributed by atoms with Gasteiger partial charge >= 0.3 is 10.8 Å². The van der Waals surface area contributed by atoms with Gasteiger partial charge in [0, 0.05) is 0 Å². The van der Waals surface area contributed by atoms with Gasteiger partial charge in [-0.25, -0.2) is 0 Å². The molecule has 0 amide bonds. The Kier molecular flexibility index (Phi) is 2.52. The van der Waals surface area contributed by atoms with Crippen molar-refractivity contribution in [2.45, 2.75) is 0 Å². The standard InChI is InChI=1S/C6H5ClN2O4/c1-13-5-4(9(11)12)2-3-8(10)6(5)7/h2-3H,1H3. The number of rotatable bonds is 2. The van der Waals surface area contributed by atoms with E-state index in [1.165, 1.54) is 7.11 Å². The fourth-order valence-corrected chi connectivity index (χ4v) is 1.05. The average Bonchev–Trinajstić information content (AvgIpc) is 2.09. The average molecular weight is 205 g/mol. The van der Waals surface area contributed by atoms with E-state index < -0.39 is 4.92 Å². The Morgan fingerprint density at radius 2 is 2.31 bits per heavy atom. The minimum atomic E-state index is -0.676. The molecule has 1 aromatic rings. The van der Waals surface area contributed by atoms with Crippen molar-refractivity contribution in [1.82, 2.24) is 0 Å². The molecule has 1 rings (SSSR count). The summed E-state index contributed by atoms with van der Waals surface area (Å²) in [7, 11) is 1.20. The van der Waals surface area contributed by atoms with Gasteiger partial charge in [-0.2, -0.15) is 4.73 Å².